The van der Waals surface area contributed by atoms with Crippen LogP contribution in [0.2, 0.25) is 0 Å². The minimum Gasteiger partial charge on any atom is -0.354 e. The first kappa shape index (κ1) is 11.0. The number of piperazine rings is 1. The zero-order valence-corrected chi connectivity index (χ0v) is 10.2. The largest absolute Gasteiger partial charge is 0.354 e. The van der Waals surface area contributed by atoms with Crippen molar-refractivity contribution in [2.45, 2.75) is 12.5 Å². The standard InChI is InChI=1S/C13H20N4/c1-2-5-15-13(3-1)17-9-7-16(8-10-17)12-4-6-14-11-12/h1-3,5,12,14H,4,6-11H2. The number of hydrogen-bond acceptors (Lipinski definition) is 4. The molecule has 0 radical (unpaired) electrons. The molecule has 2 saturated heterocycles. The predicted octanol–water partition coefficient (Wildman–Crippen LogP) is 0.565. The van der Waals surface area contributed by atoms with Crippen molar-refractivity contribution in [2.75, 3.05) is 44.2 Å². The van der Waals surface area contributed by atoms with Crippen LogP contribution in [0.4, 0.5) is 5.82 Å². The second-order valence-electron chi connectivity index (χ2n) is 4.86. The lowest BCUT2D eigenvalue weighted by atomic mass is 10.2. The minimum atomic E-state index is 0.765. The zero-order valence-electron chi connectivity index (χ0n) is 10.2. The van der Waals surface area contributed by atoms with Gasteiger partial charge in [-0.2, -0.15) is 0 Å². The third kappa shape index (κ3) is 2.42. The smallest absolute Gasteiger partial charge is 0.128 e. The van der Waals surface area contributed by atoms with Gasteiger partial charge in [-0.05, 0) is 25.1 Å². The van der Waals surface area contributed by atoms with Crippen molar-refractivity contribution in [1.29, 1.82) is 0 Å². The summed E-state index contributed by atoms with van der Waals surface area (Å²) in [6, 6.07) is 6.91. The Balaban J connectivity index is 1.57. The number of hydrogen-bond donors (Lipinski definition) is 1. The monoisotopic (exact) mass is 232 g/mol. The van der Waals surface area contributed by atoms with E-state index in [0.717, 1.165) is 24.9 Å². The van der Waals surface area contributed by atoms with Crippen LogP contribution in [0, 0.1) is 0 Å². The van der Waals surface area contributed by atoms with Crippen LogP contribution in [-0.4, -0.2) is 55.2 Å². The predicted molar refractivity (Wildman–Crippen MR) is 69.3 cm³/mol. The quantitative estimate of drug-likeness (QED) is 0.807. The summed E-state index contributed by atoms with van der Waals surface area (Å²) in [6.45, 7) is 6.90. The van der Waals surface area contributed by atoms with Gasteiger partial charge >= 0.3 is 0 Å². The Bertz CT molecular complexity index is 340. The van der Waals surface area contributed by atoms with Crippen molar-refractivity contribution in [3.05, 3.63) is 24.4 Å². The Morgan fingerprint density at radius 1 is 1.18 bits per heavy atom. The van der Waals surface area contributed by atoms with E-state index < -0.39 is 0 Å². The number of aromatic nitrogens is 1. The highest BCUT2D eigenvalue weighted by molar-refractivity contribution is 5.38. The lowest BCUT2D eigenvalue weighted by Crippen LogP contribution is -2.51. The SMILES string of the molecule is c1ccc(N2CCN(C3CCNC3)CC2)nc1. The molecule has 1 unspecified atom stereocenters. The highest BCUT2D eigenvalue weighted by atomic mass is 15.3. The molecule has 4 heteroatoms. The summed E-state index contributed by atoms with van der Waals surface area (Å²) in [6.07, 6.45) is 3.19. The summed E-state index contributed by atoms with van der Waals surface area (Å²) >= 11 is 0. The van der Waals surface area contributed by atoms with Gasteiger partial charge in [-0.3, -0.25) is 4.90 Å². The van der Waals surface area contributed by atoms with Crippen LogP contribution in [-0.2, 0) is 0 Å². The summed E-state index contributed by atoms with van der Waals surface area (Å²) in [7, 11) is 0. The average molecular weight is 232 g/mol. The maximum Gasteiger partial charge on any atom is 0.128 e. The minimum absolute atomic E-state index is 0.765. The van der Waals surface area contributed by atoms with Gasteiger partial charge in [0, 0.05) is 45.0 Å². The number of anilines is 1. The van der Waals surface area contributed by atoms with Gasteiger partial charge in [0.2, 0.25) is 0 Å². The van der Waals surface area contributed by atoms with E-state index >= 15 is 0 Å². The third-order valence-corrected chi connectivity index (χ3v) is 3.84. The molecule has 3 rings (SSSR count). The molecule has 4 nitrogen and oxygen atoms in total. The Hall–Kier alpha value is -1.13. The normalized spacial score (nSPS) is 26.4. The summed E-state index contributed by atoms with van der Waals surface area (Å²) in [5.41, 5.74) is 0. The van der Waals surface area contributed by atoms with E-state index in [-0.39, 0.29) is 0 Å². The second-order valence-corrected chi connectivity index (χ2v) is 4.86. The van der Waals surface area contributed by atoms with Gasteiger partial charge in [-0.15, -0.1) is 0 Å². The molecule has 2 aliphatic rings. The van der Waals surface area contributed by atoms with Crippen LogP contribution < -0.4 is 10.2 Å². The number of nitrogens with one attached hydrogen (secondary N) is 1. The van der Waals surface area contributed by atoms with Crippen molar-refractivity contribution in [2.24, 2.45) is 0 Å². The lowest BCUT2D eigenvalue weighted by Gasteiger charge is -2.38. The van der Waals surface area contributed by atoms with Crippen molar-refractivity contribution in [3.63, 3.8) is 0 Å². The number of nitrogens with zero attached hydrogens (tertiary/aromatic N) is 3. The van der Waals surface area contributed by atoms with Gasteiger partial charge in [-0.25, -0.2) is 4.98 Å². The molecule has 0 spiro atoms. The Labute approximate surface area is 103 Å². The lowest BCUT2D eigenvalue weighted by molar-refractivity contribution is 0.196. The van der Waals surface area contributed by atoms with Crippen LogP contribution >= 0.6 is 0 Å². The molecule has 0 bridgehead atoms. The fourth-order valence-electron chi connectivity index (χ4n) is 2.81. The van der Waals surface area contributed by atoms with E-state index in [1.165, 1.54) is 32.6 Å². The molecule has 2 fully saturated rings. The molecule has 1 N–H and O–H groups in total. The molecule has 0 amide bonds. The zero-order chi connectivity index (χ0) is 11.5. The molecule has 92 valence electrons. The summed E-state index contributed by atoms with van der Waals surface area (Å²) in [5.74, 6) is 1.12. The summed E-state index contributed by atoms with van der Waals surface area (Å²) in [4.78, 5) is 9.43. The Kier molecular flexibility index (Phi) is 3.25. The van der Waals surface area contributed by atoms with Crippen LogP contribution in [0.25, 0.3) is 0 Å². The van der Waals surface area contributed by atoms with Crippen LogP contribution in [0.3, 0.4) is 0 Å². The van der Waals surface area contributed by atoms with Gasteiger partial charge in [0.15, 0.2) is 0 Å². The molecular formula is C13H20N4. The van der Waals surface area contributed by atoms with Crippen molar-refractivity contribution < 1.29 is 0 Å². The van der Waals surface area contributed by atoms with Crippen molar-refractivity contribution in [3.8, 4) is 0 Å². The molecular weight excluding hydrogens is 212 g/mol. The van der Waals surface area contributed by atoms with Gasteiger partial charge in [-0.1, -0.05) is 6.07 Å². The number of pyridine rings is 1. The van der Waals surface area contributed by atoms with Crippen molar-refractivity contribution >= 4 is 5.82 Å². The molecule has 0 aromatic carbocycles. The van der Waals surface area contributed by atoms with Gasteiger partial charge in [0.25, 0.3) is 0 Å². The Morgan fingerprint density at radius 3 is 2.71 bits per heavy atom. The van der Waals surface area contributed by atoms with E-state index in [9.17, 15) is 0 Å². The third-order valence-electron chi connectivity index (χ3n) is 3.84. The van der Waals surface area contributed by atoms with Crippen LogP contribution in [0.5, 0.6) is 0 Å². The highest BCUT2D eigenvalue weighted by Gasteiger charge is 2.26. The molecule has 17 heavy (non-hydrogen) atoms. The van der Waals surface area contributed by atoms with Gasteiger partial charge < -0.3 is 10.2 Å². The van der Waals surface area contributed by atoms with Gasteiger partial charge in [0.1, 0.15) is 5.82 Å². The van der Waals surface area contributed by atoms with E-state index in [1.807, 2.05) is 12.3 Å². The molecule has 0 saturated carbocycles. The number of rotatable bonds is 2. The van der Waals surface area contributed by atoms with E-state index in [4.69, 9.17) is 0 Å². The van der Waals surface area contributed by atoms with Crippen LogP contribution in [0.1, 0.15) is 6.42 Å². The molecule has 1 aromatic rings. The first-order valence-corrected chi connectivity index (χ1v) is 6.54. The fraction of sp³-hybridized carbons (Fsp3) is 0.615. The molecule has 0 aliphatic carbocycles. The van der Waals surface area contributed by atoms with E-state index in [2.05, 4.69) is 32.2 Å². The maximum atomic E-state index is 4.42. The maximum absolute atomic E-state index is 4.42. The van der Waals surface area contributed by atoms with Gasteiger partial charge in [0.05, 0.1) is 0 Å². The first-order valence-electron chi connectivity index (χ1n) is 6.54. The molecule has 3 heterocycles. The topological polar surface area (TPSA) is 31.4 Å². The van der Waals surface area contributed by atoms with E-state index in [1.54, 1.807) is 0 Å². The highest BCUT2D eigenvalue weighted by Crippen LogP contribution is 2.16. The van der Waals surface area contributed by atoms with Crippen molar-refractivity contribution in [1.82, 2.24) is 15.2 Å². The first-order chi connectivity index (χ1) is 8.43. The van der Waals surface area contributed by atoms with Crippen LogP contribution in [0.15, 0.2) is 24.4 Å². The molecule has 1 atom stereocenters. The molecule has 1 aromatic heterocycles. The molecule has 2 aliphatic heterocycles. The fourth-order valence-corrected chi connectivity index (χ4v) is 2.81. The second kappa shape index (κ2) is 5.02. The average Bonchev–Trinajstić information content (AvgIpc) is 2.94. The summed E-state index contributed by atoms with van der Waals surface area (Å²) < 4.78 is 0. The summed E-state index contributed by atoms with van der Waals surface area (Å²) in [5, 5.41) is 3.44. The Morgan fingerprint density at radius 2 is 2.06 bits per heavy atom. The van der Waals surface area contributed by atoms with E-state index in [0.29, 0.717) is 0 Å².